The number of hydrogen-bond acceptors (Lipinski definition) is 4. The van der Waals surface area contributed by atoms with Crippen molar-refractivity contribution in [2.45, 2.75) is 64.7 Å². The number of aliphatic carboxylic acids is 2. The van der Waals surface area contributed by atoms with Crippen LogP contribution < -0.4 is 20.8 Å². The van der Waals surface area contributed by atoms with Gasteiger partial charge in [-0.3, -0.25) is 0 Å². The summed E-state index contributed by atoms with van der Waals surface area (Å²) >= 11 is 0. The van der Waals surface area contributed by atoms with E-state index >= 15 is 0 Å². The minimum atomic E-state index is -0.993. The number of quaternary nitrogens is 2. The normalized spacial score (nSPS) is 12.7. The Kier molecular flexibility index (Phi) is 11.4. The molecule has 2 atom stereocenters. The molecule has 0 amide bonds. The van der Waals surface area contributed by atoms with Crippen molar-refractivity contribution in [3.8, 4) is 0 Å². The monoisotopic (exact) mass is 414 g/mol. The van der Waals surface area contributed by atoms with Crippen LogP contribution in [0.25, 0.3) is 0 Å². The van der Waals surface area contributed by atoms with Crippen molar-refractivity contribution in [2.24, 2.45) is 0 Å². The molecule has 0 saturated heterocycles. The highest BCUT2D eigenvalue weighted by Gasteiger charge is 2.16. The van der Waals surface area contributed by atoms with Crippen LogP contribution in [-0.4, -0.2) is 36.1 Å². The maximum Gasteiger partial charge on any atom is 0.130 e. The third-order valence-corrected chi connectivity index (χ3v) is 4.44. The summed E-state index contributed by atoms with van der Waals surface area (Å²) in [5, 5.41) is 25.4. The van der Waals surface area contributed by atoms with Gasteiger partial charge in [0.05, 0.1) is 24.0 Å². The molecule has 0 aliphatic rings. The van der Waals surface area contributed by atoms with Gasteiger partial charge in [-0.2, -0.15) is 0 Å². The molecule has 0 heterocycles. The van der Waals surface area contributed by atoms with Gasteiger partial charge < -0.3 is 30.4 Å². The molecule has 2 aromatic rings. The quantitative estimate of drug-likeness (QED) is 0.500. The first-order chi connectivity index (χ1) is 14.2. The Balaban J connectivity index is 0.000000300. The molecule has 0 spiro atoms. The summed E-state index contributed by atoms with van der Waals surface area (Å²) in [6, 6.07) is 18.8. The van der Waals surface area contributed by atoms with Crippen LogP contribution in [0.3, 0.4) is 0 Å². The lowest BCUT2D eigenvalue weighted by molar-refractivity contribution is -0.709. The summed E-state index contributed by atoms with van der Waals surface area (Å²) in [5.74, 6) is -1.99. The van der Waals surface area contributed by atoms with Gasteiger partial charge in [-0.15, -0.1) is 0 Å². The molecule has 0 fully saturated rings. The van der Waals surface area contributed by atoms with Crippen LogP contribution in [-0.2, 0) is 22.4 Å². The number of rotatable bonds is 10. The number of carbonyl (C=O) groups is 2. The first kappa shape index (κ1) is 25.3. The van der Waals surface area contributed by atoms with Crippen LogP contribution in [0.4, 0.5) is 0 Å². The topological polar surface area (TPSA) is 113 Å². The molecule has 4 N–H and O–H groups in total. The van der Waals surface area contributed by atoms with E-state index in [1.165, 1.54) is 0 Å². The number of carboxylic acid groups (broad SMARTS) is 2. The first-order valence-electron chi connectivity index (χ1n) is 10.4. The average Bonchev–Trinajstić information content (AvgIpc) is 2.68. The van der Waals surface area contributed by atoms with Crippen molar-refractivity contribution in [1.29, 1.82) is 0 Å². The maximum absolute atomic E-state index is 10.9. The van der Waals surface area contributed by atoms with E-state index in [1.807, 2.05) is 99.0 Å². The molecule has 6 nitrogen and oxygen atoms in total. The van der Waals surface area contributed by atoms with Gasteiger partial charge in [0.15, 0.2) is 0 Å². The van der Waals surface area contributed by atoms with Crippen LogP contribution >= 0.6 is 0 Å². The average molecular weight is 415 g/mol. The standard InChI is InChI=1S/2C12H17NO2/c2*1-9(2)13-11(12(14)15)8-10-6-4-3-5-7-10/h2*3-7,9,11,13H,8H2,1-2H3,(H,14,15)/t2*11-/m00/s1. The molecule has 2 rings (SSSR count). The van der Waals surface area contributed by atoms with Crippen molar-refractivity contribution in [1.82, 2.24) is 0 Å². The van der Waals surface area contributed by atoms with Gasteiger partial charge in [0.25, 0.3) is 0 Å². The SMILES string of the molecule is CC(C)[NH2+][C@@H](Cc1ccccc1)C(=O)[O-].CC(C)[NH2+][C@@H](Cc1ccccc1)C(=O)[O-]. The van der Waals surface area contributed by atoms with Crippen molar-refractivity contribution in [2.75, 3.05) is 0 Å². The van der Waals surface area contributed by atoms with Gasteiger partial charge in [-0.1, -0.05) is 60.7 Å². The fraction of sp³-hybridized carbons (Fsp3) is 0.417. The van der Waals surface area contributed by atoms with Crippen molar-refractivity contribution in [3.05, 3.63) is 71.8 Å². The van der Waals surface area contributed by atoms with Gasteiger partial charge in [-0.25, -0.2) is 0 Å². The Bertz CT molecular complexity index is 683. The molecular weight excluding hydrogens is 380 g/mol. The summed E-state index contributed by atoms with van der Waals surface area (Å²) in [6.45, 7) is 7.89. The second-order valence-corrected chi connectivity index (χ2v) is 8.10. The smallest absolute Gasteiger partial charge is 0.130 e. The van der Waals surface area contributed by atoms with Crippen LogP contribution in [0.1, 0.15) is 38.8 Å². The molecule has 0 unspecified atom stereocenters. The molecule has 0 aliphatic heterocycles. The zero-order chi connectivity index (χ0) is 22.5. The van der Waals surface area contributed by atoms with Gasteiger partial charge in [0.2, 0.25) is 0 Å². The fourth-order valence-electron chi connectivity index (χ4n) is 3.13. The summed E-state index contributed by atoms with van der Waals surface area (Å²) in [5.41, 5.74) is 2.06. The lowest BCUT2D eigenvalue weighted by Crippen LogP contribution is -2.97. The van der Waals surface area contributed by atoms with Crippen LogP contribution in [0, 0.1) is 0 Å². The zero-order valence-electron chi connectivity index (χ0n) is 18.3. The molecule has 164 valence electrons. The summed E-state index contributed by atoms with van der Waals surface area (Å²) in [7, 11) is 0. The van der Waals surface area contributed by atoms with E-state index in [-0.39, 0.29) is 12.1 Å². The molecule has 30 heavy (non-hydrogen) atoms. The van der Waals surface area contributed by atoms with E-state index in [2.05, 4.69) is 0 Å². The molecule has 6 heteroatoms. The predicted molar refractivity (Wildman–Crippen MR) is 112 cm³/mol. The fourth-order valence-corrected chi connectivity index (χ4v) is 3.13. The second kappa shape index (κ2) is 13.5. The lowest BCUT2D eigenvalue weighted by atomic mass is 10.1. The Labute approximate surface area is 179 Å². The number of carbonyl (C=O) groups excluding carboxylic acids is 2. The van der Waals surface area contributed by atoms with E-state index in [4.69, 9.17) is 0 Å². The van der Waals surface area contributed by atoms with Gasteiger partial charge in [0, 0.05) is 12.8 Å². The van der Waals surface area contributed by atoms with Gasteiger partial charge in [-0.05, 0) is 38.8 Å². The maximum atomic E-state index is 10.9. The molecule has 0 saturated carbocycles. The van der Waals surface area contributed by atoms with Gasteiger partial charge in [0.1, 0.15) is 12.1 Å². The number of benzene rings is 2. The number of hydrogen-bond donors (Lipinski definition) is 2. The molecule has 0 radical (unpaired) electrons. The van der Waals surface area contributed by atoms with Crippen molar-refractivity contribution < 1.29 is 30.4 Å². The third kappa shape index (κ3) is 10.7. The number of nitrogens with two attached hydrogens (primary N) is 2. The largest absolute Gasteiger partial charge is 0.544 e. The third-order valence-electron chi connectivity index (χ3n) is 4.44. The van der Waals surface area contributed by atoms with E-state index in [0.717, 1.165) is 11.1 Å². The van der Waals surface area contributed by atoms with E-state index in [0.29, 0.717) is 12.8 Å². The Morgan fingerprint density at radius 2 is 0.967 bits per heavy atom. The van der Waals surface area contributed by atoms with Crippen molar-refractivity contribution in [3.63, 3.8) is 0 Å². The summed E-state index contributed by atoms with van der Waals surface area (Å²) < 4.78 is 0. The molecule has 0 aromatic heterocycles. The molecular formula is C24H34N2O4. The van der Waals surface area contributed by atoms with Crippen LogP contribution in [0.5, 0.6) is 0 Å². The molecule has 0 aliphatic carbocycles. The zero-order valence-corrected chi connectivity index (χ0v) is 18.3. The lowest BCUT2D eigenvalue weighted by Gasteiger charge is -2.18. The van der Waals surface area contributed by atoms with E-state index in [1.54, 1.807) is 0 Å². The minimum absolute atomic E-state index is 0.261. The van der Waals surface area contributed by atoms with Crippen LogP contribution in [0.2, 0.25) is 0 Å². The highest BCUT2D eigenvalue weighted by molar-refractivity contribution is 5.70. The highest BCUT2D eigenvalue weighted by Crippen LogP contribution is 2.01. The molecule has 2 aromatic carbocycles. The predicted octanol–water partition coefficient (Wildman–Crippen LogP) is -1.36. The highest BCUT2D eigenvalue weighted by atomic mass is 16.4. The van der Waals surface area contributed by atoms with E-state index < -0.39 is 24.0 Å². The van der Waals surface area contributed by atoms with Gasteiger partial charge >= 0.3 is 0 Å². The Morgan fingerprint density at radius 3 is 1.20 bits per heavy atom. The first-order valence-corrected chi connectivity index (χ1v) is 10.4. The second-order valence-electron chi connectivity index (χ2n) is 8.10. The summed E-state index contributed by atoms with van der Waals surface area (Å²) in [6.07, 6.45) is 1.03. The van der Waals surface area contributed by atoms with E-state index in [9.17, 15) is 19.8 Å². The molecule has 0 bridgehead atoms. The Morgan fingerprint density at radius 1 is 0.667 bits per heavy atom. The van der Waals surface area contributed by atoms with Crippen LogP contribution in [0.15, 0.2) is 60.7 Å². The van der Waals surface area contributed by atoms with Crippen molar-refractivity contribution >= 4 is 11.9 Å². The minimum Gasteiger partial charge on any atom is -0.544 e. The Hall–Kier alpha value is -2.70. The number of carboxylic acids is 2. The summed E-state index contributed by atoms with van der Waals surface area (Å²) in [4.78, 5) is 21.8.